The van der Waals surface area contributed by atoms with Gasteiger partial charge in [-0.25, -0.2) is 4.79 Å². The second-order valence-corrected chi connectivity index (χ2v) is 10.7. The first-order valence-electron chi connectivity index (χ1n) is 13.4. The number of halogens is 4. The molecule has 10 heteroatoms. The lowest BCUT2D eigenvalue weighted by Crippen LogP contribution is -2.31. The summed E-state index contributed by atoms with van der Waals surface area (Å²) in [5.74, 6) is -0.724. The van der Waals surface area contributed by atoms with Crippen LogP contribution in [-0.4, -0.2) is 28.1 Å². The minimum absolute atomic E-state index is 0.132. The fourth-order valence-electron chi connectivity index (χ4n) is 5.09. The molecule has 1 amide bonds. The van der Waals surface area contributed by atoms with E-state index in [2.05, 4.69) is 0 Å². The first-order chi connectivity index (χ1) is 20.5. The van der Waals surface area contributed by atoms with Gasteiger partial charge in [0.2, 0.25) is 0 Å². The number of carbonyl (C=O) groups excluding carboxylic acids is 1. The standard InChI is InChI=1S/C33H27ClF3NO5/c1-20-31(23-5-3-2-4-6-23)43-32(41)38(20)18-24-17-25(33(35,36)37)10-13-27(24)28-15-22(16-30(39)40)9-14-29(28)42-19-21-7-11-26(34)12-8-21/h2-15,17,20,31H,16,18-19H2,1H3,(H,39,40)/t20-,31-/m0/s1. The molecule has 0 saturated carbocycles. The number of carbonyl (C=O) groups is 2. The predicted molar refractivity (Wildman–Crippen MR) is 155 cm³/mol. The molecular formula is C33H27ClF3NO5. The van der Waals surface area contributed by atoms with Gasteiger partial charge in [-0.2, -0.15) is 13.2 Å². The number of aliphatic carboxylic acids is 1. The number of carboxylic acids is 1. The van der Waals surface area contributed by atoms with Gasteiger partial charge in [0.05, 0.1) is 24.6 Å². The van der Waals surface area contributed by atoms with Crippen LogP contribution in [0.3, 0.4) is 0 Å². The Morgan fingerprint density at radius 3 is 2.33 bits per heavy atom. The van der Waals surface area contributed by atoms with E-state index < -0.39 is 35.9 Å². The van der Waals surface area contributed by atoms with Gasteiger partial charge in [0.25, 0.3) is 0 Å². The van der Waals surface area contributed by atoms with Crippen LogP contribution in [0.5, 0.6) is 5.75 Å². The molecule has 1 heterocycles. The van der Waals surface area contributed by atoms with E-state index in [9.17, 15) is 27.9 Å². The molecule has 0 aliphatic carbocycles. The summed E-state index contributed by atoms with van der Waals surface area (Å²) < 4.78 is 53.3. The zero-order valence-corrected chi connectivity index (χ0v) is 23.7. The summed E-state index contributed by atoms with van der Waals surface area (Å²) in [5, 5.41) is 9.95. The van der Waals surface area contributed by atoms with E-state index in [1.807, 2.05) is 30.3 Å². The summed E-state index contributed by atoms with van der Waals surface area (Å²) in [4.78, 5) is 25.9. The quantitative estimate of drug-likeness (QED) is 0.207. The molecule has 0 aromatic heterocycles. The van der Waals surface area contributed by atoms with Gasteiger partial charge >= 0.3 is 18.2 Å². The summed E-state index contributed by atoms with van der Waals surface area (Å²) >= 11 is 5.98. The molecule has 6 nitrogen and oxygen atoms in total. The van der Waals surface area contributed by atoms with Gasteiger partial charge < -0.3 is 14.6 Å². The predicted octanol–water partition coefficient (Wildman–Crippen LogP) is 8.31. The number of hydrogen-bond donors (Lipinski definition) is 1. The van der Waals surface area contributed by atoms with Gasteiger partial charge in [0, 0.05) is 10.6 Å². The maximum atomic E-state index is 13.9. The Bertz CT molecular complexity index is 1630. The summed E-state index contributed by atoms with van der Waals surface area (Å²) in [5.41, 5.74) is 2.11. The van der Waals surface area contributed by atoms with Crippen LogP contribution in [0.15, 0.2) is 91.0 Å². The molecule has 0 spiro atoms. The van der Waals surface area contributed by atoms with E-state index in [4.69, 9.17) is 21.1 Å². The molecule has 0 radical (unpaired) electrons. The second-order valence-electron chi connectivity index (χ2n) is 10.3. The number of carboxylic acid groups (broad SMARTS) is 1. The highest BCUT2D eigenvalue weighted by atomic mass is 35.5. The molecular weight excluding hydrogens is 583 g/mol. The van der Waals surface area contributed by atoms with Crippen molar-refractivity contribution in [3.05, 3.63) is 124 Å². The number of hydrogen-bond acceptors (Lipinski definition) is 4. The van der Waals surface area contributed by atoms with E-state index in [1.54, 1.807) is 49.4 Å². The average Bonchev–Trinajstić information content (AvgIpc) is 3.25. The van der Waals surface area contributed by atoms with E-state index in [0.29, 0.717) is 27.5 Å². The van der Waals surface area contributed by atoms with Crippen LogP contribution in [0.4, 0.5) is 18.0 Å². The van der Waals surface area contributed by atoms with Crippen molar-refractivity contribution in [1.29, 1.82) is 0 Å². The number of benzene rings is 4. The van der Waals surface area contributed by atoms with Crippen molar-refractivity contribution in [3.8, 4) is 16.9 Å². The maximum Gasteiger partial charge on any atom is 0.416 e. The third kappa shape index (κ3) is 6.94. The topological polar surface area (TPSA) is 76.1 Å². The number of nitrogens with zero attached hydrogens (tertiary/aromatic N) is 1. The Labute approximate surface area is 251 Å². The van der Waals surface area contributed by atoms with Crippen molar-refractivity contribution in [2.75, 3.05) is 0 Å². The van der Waals surface area contributed by atoms with Crippen LogP contribution in [-0.2, 0) is 35.3 Å². The maximum absolute atomic E-state index is 13.9. The minimum atomic E-state index is -4.63. The largest absolute Gasteiger partial charge is 0.488 e. The molecule has 1 aliphatic rings. The highest BCUT2D eigenvalue weighted by Crippen LogP contribution is 2.40. The molecule has 4 aromatic carbocycles. The monoisotopic (exact) mass is 609 g/mol. The lowest BCUT2D eigenvalue weighted by molar-refractivity contribution is -0.138. The van der Waals surface area contributed by atoms with Crippen molar-refractivity contribution in [2.45, 2.75) is 44.8 Å². The Balaban J connectivity index is 1.55. The van der Waals surface area contributed by atoms with Crippen molar-refractivity contribution in [2.24, 2.45) is 0 Å². The van der Waals surface area contributed by atoms with Crippen molar-refractivity contribution in [3.63, 3.8) is 0 Å². The van der Waals surface area contributed by atoms with Crippen LogP contribution in [0.25, 0.3) is 11.1 Å². The van der Waals surface area contributed by atoms with Crippen LogP contribution in [0, 0.1) is 0 Å². The molecule has 5 rings (SSSR count). The Hall–Kier alpha value is -4.50. The normalized spacial score (nSPS) is 16.7. The Morgan fingerprint density at radius 2 is 1.65 bits per heavy atom. The van der Waals surface area contributed by atoms with Crippen molar-refractivity contribution >= 4 is 23.7 Å². The highest BCUT2D eigenvalue weighted by Gasteiger charge is 2.40. The molecule has 222 valence electrons. The smallest absolute Gasteiger partial charge is 0.416 e. The van der Waals surface area contributed by atoms with Gasteiger partial charge in [0.1, 0.15) is 18.5 Å². The molecule has 43 heavy (non-hydrogen) atoms. The fourth-order valence-corrected chi connectivity index (χ4v) is 5.22. The minimum Gasteiger partial charge on any atom is -0.488 e. The second kappa shape index (κ2) is 12.4. The summed E-state index contributed by atoms with van der Waals surface area (Å²) in [6, 6.07) is 23.7. The zero-order valence-electron chi connectivity index (χ0n) is 23.0. The lowest BCUT2D eigenvalue weighted by atomic mass is 9.93. The van der Waals surface area contributed by atoms with Crippen LogP contribution >= 0.6 is 11.6 Å². The van der Waals surface area contributed by atoms with Gasteiger partial charge in [-0.1, -0.05) is 66.2 Å². The van der Waals surface area contributed by atoms with Crippen LogP contribution < -0.4 is 4.74 Å². The van der Waals surface area contributed by atoms with Crippen LogP contribution in [0.1, 0.15) is 40.8 Å². The third-order valence-electron chi connectivity index (χ3n) is 7.29. The number of cyclic esters (lactones) is 1. The average molecular weight is 610 g/mol. The first kappa shape index (κ1) is 30.0. The van der Waals surface area contributed by atoms with Gasteiger partial charge in [-0.3, -0.25) is 9.69 Å². The summed E-state index contributed by atoms with van der Waals surface area (Å²) in [7, 11) is 0. The van der Waals surface area contributed by atoms with Crippen molar-refractivity contribution < 1.29 is 37.3 Å². The van der Waals surface area contributed by atoms with E-state index in [1.165, 1.54) is 11.0 Å². The lowest BCUT2D eigenvalue weighted by Gasteiger charge is -2.24. The molecule has 1 fully saturated rings. The molecule has 0 bridgehead atoms. The van der Waals surface area contributed by atoms with Crippen molar-refractivity contribution in [1.82, 2.24) is 4.90 Å². The highest BCUT2D eigenvalue weighted by molar-refractivity contribution is 6.30. The van der Waals surface area contributed by atoms with Gasteiger partial charge in [-0.15, -0.1) is 0 Å². The van der Waals surface area contributed by atoms with E-state index >= 15 is 0 Å². The number of ether oxygens (including phenoxy) is 2. The molecule has 1 N–H and O–H groups in total. The molecule has 1 saturated heterocycles. The van der Waals surface area contributed by atoms with E-state index in [-0.39, 0.29) is 25.1 Å². The van der Waals surface area contributed by atoms with E-state index in [0.717, 1.165) is 23.3 Å². The fraction of sp³-hybridized carbons (Fsp3) is 0.212. The molecule has 1 aliphatic heterocycles. The Morgan fingerprint density at radius 1 is 0.953 bits per heavy atom. The third-order valence-corrected chi connectivity index (χ3v) is 7.54. The first-order valence-corrected chi connectivity index (χ1v) is 13.8. The van der Waals surface area contributed by atoms with Crippen LogP contribution in [0.2, 0.25) is 5.02 Å². The Kier molecular flexibility index (Phi) is 8.64. The molecule has 0 unspecified atom stereocenters. The number of amides is 1. The van der Waals surface area contributed by atoms with Gasteiger partial charge in [-0.05, 0) is 71.1 Å². The number of rotatable bonds is 9. The van der Waals surface area contributed by atoms with Gasteiger partial charge in [0.15, 0.2) is 0 Å². The molecule has 2 atom stereocenters. The SMILES string of the molecule is C[C@H]1[C@@H](c2ccccc2)OC(=O)N1Cc1cc(C(F)(F)F)ccc1-c1cc(CC(=O)O)ccc1OCc1ccc(Cl)cc1. The summed E-state index contributed by atoms with van der Waals surface area (Å²) in [6.45, 7) is 1.74. The molecule has 4 aromatic rings. The summed E-state index contributed by atoms with van der Waals surface area (Å²) in [6.07, 6.45) is -6.17. The zero-order chi connectivity index (χ0) is 30.7. The number of alkyl halides is 3.